The monoisotopic (exact) mass is 650 g/mol. The van der Waals surface area contributed by atoms with Crippen LogP contribution >= 0.6 is 0 Å². The average molecular weight is 651 g/mol. The topological polar surface area (TPSA) is 91.3 Å². The van der Waals surface area contributed by atoms with Crippen molar-refractivity contribution >= 4 is 11.6 Å². The van der Waals surface area contributed by atoms with Crippen LogP contribution in [0.5, 0.6) is 0 Å². The van der Waals surface area contributed by atoms with Crippen LogP contribution in [-0.2, 0) is 20.9 Å². The molecular weight excluding hydrogens is 588 g/mol. The fourth-order valence-corrected chi connectivity index (χ4v) is 7.19. The van der Waals surface area contributed by atoms with Crippen molar-refractivity contribution in [3.63, 3.8) is 0 Å². The number of aliphatic hydroxyl groups excluding tert-OH is 2. The van der Waals surface area contributed by atoms with Crippen LogP contribution in [0.25, 0.3) is 0 Å². The maximum absolute atomic E-state index is 12.8. The Balaban J connectivity index is 1.26. The number of hydrogen-bond donors (Lipinski definition) is 3. The molecule has 3 N–H and O–H groups in total. The van der Waals surface area contributed by atoms with Gasteiger partial charge in [-0.25, -0.2) is 0 Å². The lowest BCUT2D eigenvalue weighted by atomic mass is 9.90. The van der Waals surface area contributed by atoms with Crippen molar-refractivity contribution in [3.05, 3.63) is 65.2 Å². The van der Waals surface area contributed by atoms with Gasteiger partial charge in [0.05, 0.1) is 25.4 Å². The number of ether oxygens (including phenoxy) is 2. The fraction of sp³-hybridized carbons (Fsp3) is 0.675. The zero-order valence-electron chi connectivity index (χ0n) is 29.2. The van der Waals surface area contributed by atoms with Crippen LogP contribution < -0.4 is 5.32 Å². The van der Waals surface area contributed by atoms with Crippen LogP contribution in [0.4, 0.5) is 5.69 Å². The molecule has 2 aliphatic rings. The quantitative estimate of drug-likeness (QED) is 0.117. The third-order valence-electron chi connectivity index (χ3n) is 10.2. The highest BCUT2D eigenvalue weighted by Crippen LogP contribution is 2.42. The van der Waals surface area contributed by atoms with E-state index in [1.807, 2.05) is 48.5 Å². The molecule has 262 valence electrons. The number of anilines is 1. The lowest BCUT2D eigenvalue weighted by molar-refractivity contribution is -0.276. The first-order valence-corrected chi connectivity index (χ1v) is 18.8. The van der Waals surface area contributed by atoms with Gasteiger partial charge in [-0.2, -0.15) is 0 Å². The Morgan fingerprint density at radius 3 is 2.15 bits per heavy atom. The lowest BCUT2D eigenvalue weighted by Crippen LogP contribution is -2.46. The Morgan fingerprint density at radius 1 is 0.851 bits per heavy atom. The smallest absolute Gasteiger partial charge is 0.224 e. The minimum atomic E-state index is -0.591. The number of nitrogens with one attached hydrogen (secondary N) is 1. The van der Waals surface area contributed by atoms with Crippen molar-refractivity contribution in [1.29, 1.82) is 0 Å². The molecule has 0 aromatic heterocycles. The van der Waals surface area contributed by atoms with Gasteiger partial charge in [0.15, 0.2) is 6.29 Å². The van der Waals surface area contributed by atoms with E-state index in [1.54, 1.807) is 0 Å². The van der Waals surface area contributed by atoms with E-state index in [-0.39, 0.29) is 43.3 Å². The second-order valence-electron chi connectivity index (χ2n) is 14.0. The van der Waals surface area contributed by atoms with Gasteiger partial charge >= 0.3 is 0 Å². The number of amides is 1. The normalized spacial score (nSPS) is 23.3. The highest BCUT2D eigenvalue weighted by atomic mass is 16.7. The van der Waals surface area contributed by atoms with Crippen LogP contribution in [0.3, 0.4) is 0 Å². The summed E-state index contributed by atoms with van der Waals surface area (Å²) in [5.74, 6) is 0.127. The van der Waals surface area contributed by atoms with E-state index in [9.17, 15) is 15.0 Å². The number of carbonyl (C=O) groups excluding carboxylic acids is 1. The van der Waals surface area contributed by atoms with Crippen LogP contribution in [-0.4, -0.2) is 52.9 Å². The van der Waals surface area contributed by atoms with E-state index in [0.29, 0.717) is 6.42 Å². The number of aliphatic hydroxyl groups is 2. The molecule has 47 heavy (non-hydrogen) atoms. The van der Waals surface area contributed by atoms with Gasteiger partial charge in [0, 0.05) is 36.2 Å². The first-order chi connectivity index (χ1) is 23.0. The van der Waals surface area contributed by atoms with Crippen molar-refractivity contribution in [2.45, 2.75) is 148 Å². The second-order valence-corrected chi connectivity index (χ2v) is 14.0. The number of unbranched alkanes of at least 4 members (excludes halogenated alkanes) is 12. The van der Waals surface area contributed by atoms with Crippen molar-refractivity contribution < 1.29 is 24.5 Å². The third kappa shape index (κ3) is 12.3. The van der Waals surface area contributed by atoms with E-state index in [2.05, 4.69) is 24.1 Å². The van der Waals surface area contributed by atoms with E-state index in [0.717, 1.165) is 61.2 Å². The molecule has 5 atom stereocenters. The van der Waals surface area contributed by atoms with Gasteiger partial charge in [0.2, 0.25) is 5.91 Å². The molecule has 7 nitrogen and oxygen atoms in total. The number of benzene rings is 2. The van der Waals surface area contributed by atoms with E-state index < -0.39 is 6.29 Å². The second kappa shape index (κ2) is 20.9. The van der Waals surface area contributed by atoms with Gasteiger partial charge in [-0.1, -0.05) is 127 Å². The Hall–Kier alpha value is -2.29. The Labute approximate surface area is 284 Å². The molecular formula is C40H62N2O5. The fourth-order valence-electron chi connectivity index (χ4n) is 7.19. The number of nitrogens with zero attached hydrogens (tertiary/aromatic N) is 1. The van der Waals surface area contributed by atoms with Crippen molar-refractivity contribution in [2.75, 3.05) is 25.0 Å². The molecule has 4 rings (SSSR count). The SMILES string of the molecule is CCCCCCCCCCCCCCCC(=O)Nc1cccc(C2O[C@H](CN3CCC[C@H]3CO)[C@H](C)[C@H](c3ccc(CO)cc3)O2)c1. The molecule has 7 heteroatoms. The summed E-state index contributed by atoms with van der Waals surface area (Å²) in [4.78, 5) is 15.2. The highest BCUT2D eigenvalue weighted by molar-refractivity contribution is 5.90. The summed E-state index contributed by atoms with van der Waals surface area (Å²) in [6, 6.07) is 16.0. The number of likely N-dealkylation sites (tertiary alicyclic amines) is 1. The summed E-state index contributed by atoms with van der Waals surface area (Å²) in [6.07, 6.45) is 18.5. The van der Waals surface area contributed by atoms with Gasteiger partial charge in [0.25, 0.3) is 0 Å². The Bertz CT molecular complexity index is 1160. The minimum Gasteiger partial charge on any atom is -0.395 e. The average Bonchev–Trinajstić information content (AvgIpc) is 3.55. The molecule has 0 saturated carbocycles. The highest BCUT2D eigenvalue weighted by Gasteiger charge is 2.40. The van der Waals surface area contributed by atoms with Crippen molar-refractivity contribution in [3.8, 4) is 0 Å². The first kappa shape index (κ1) is 37.5. The summed E-state index contributed by atoms with van der Waals surface area (Å²) < 4.78 is 13.3. The van der Waals surface area contributed by atoms with Gasteiger partial charge in [0.1, 0.15) is 0 Å². The third-order valence-corrected chi connectivity index (χ3v) is 10.2. The molecule has 0 radical (unpaired) electrons. The summed E-state index contributed by atoms with van der Waals surface area (Å²) >= 11 is 0. The van der Waals surface area contributed by atoms with E-state index in [4.69, 9.17) is 9.47 Å². The van der Waals surface area contributed by atoms with Gasteiger partial charge < -0.3 is 25.0 Å². The zero-order chi connectivity index (χ0) is 33.3. The van der Waals surface area contributed by atoms with Crippen molar-refractivity contribution in [1.82, 2.24) is 4.90 Å². The number of rotatable bonds is 21. The first-order valence-electron chi connectivity index (χ1n) is 18.8. The molecule has 2 aromatic carbocycles. The maximum Gasteiger partial charge on any atom is 0.224 e. The summed E-state index contributed by atoms with van der Waals surface area (Å²) in [5.41, 5.74) is 3.55. The summed E-state index contributed by atoms with van der Waals surface area (Å²) in [6.45, 7) is 6.29. The van der Waals surface area contributed by atoms with E-state index in [1.165, 1.54) is 70.6 Å². The lowest BCUT2D eigenvalue weighted by Gasteiger charge is -2.43. The standard InChI is InChI=1S/C40H62N2O5/c1-3-4-5-6-7-8-9-10-11-12-13-14-15-21-38(45)41-35-19-16-18-34(27-35)40-46-37(28-42-26-17-20-36(42)30-44)31(2)39(47-40)33-24-22-32(29-43)23-25-33/h16,18-19,22-25,27,31,36-37,39-40,43-44H,3-15,17,20-21,26,28-30H2,1-2H3,(H,41,45)/t31-,36-,37+,39+,40?/m0/s1. The summed E-state index contributed by atoms with van der Waals surface area (Å²) in [5, 5.41) is 22.6. The molecule has 0 bridgehead atoms. The molecule has 2 fully saturated rings. The molecule has 2 heterocycles. The van der Waals surface area contributed by atoms with Gasteiger partial charge in [-0.3, -0.25) is 9.69 Å². The molecule has 2 aromatic rings. The molecule has 1 amide bonds. The van der Waals surface area contributed by atoms with Gasteiger partial charge in [-0.05, 0) is 49.1 Å². The Morgan fingerprint density at radius 2 is 1.51 bits per heavy atom. The zero-order valence-corrected chi connectivity index (χ0v) is 29.2. The van der Waals surface area contributed by atoms with Crippen LogP contribution in [0.1, 0.15) is 146 Å². The molecule has 0 aliphatic carbocycles. The summed E-state index contributed by atoms with van der Waals surface area (Å²) in [7, 11) is 0. The molecule has 0 spiro atoms. The minimum absolute atomic E-state index is 0.00506. The molecule has 2 saturated heterocycles. The molecule has 1 unspecified atom stereocenters. The predicted octanol–water partition coefficient (Wildman–Crippen LogP) is 8.85. The van der Waals surface area contributed by atoms with Gasteiger partial charge in [-0.15, -0.1) is 0 Å². The predicted molar refractivity (Wildman–Crippen MR) is 190 cm³/mol. The van der Waals surface area contributed by atoms with E-state index >= 15 is 0 Å². The molecule has 2 aliphatic heterocycles. The largest absolute Gasteiger partial charge is 0.395 e. The van der Waals surface area contributed by atoms with Crippen LogP contribution in [0, 0.1) is 5.92 Å². The maximum atomic E-state index is 12.8. The Kier molecular flexibility index (Phi) is 16.7. The van der Waals surface area contributed by atoms with Crippen LogP contribution in [0.15, 0.2) is 48.5 Å². The van der Waals surface area contributed by atoms with Crippen LogP contribution in [0.2, 0.25) is 0 Å². The number of carbonyl (C=O) groups is 1. The van der Waals surface area contributed by atoms with Crippen molar-refractivity contribution in [2.24, 2.45) is 5.92 Å². The number of hydrogen-bond acceptors (Lipinski definition) is 6.